The highest BCUT2D eigenvalue weighted by Gasteiger charge is 2.62. The van der Waals surface area contributed by atoms with Gasteiger partial charge in [-0.05, 0) is 46.5 Å². The number of imide groups is 1. The lowest BCUT2D eigenvalue weighted by molar-refractivity contribution is -0.137. The Morgan fingerprint density at radius 1 is 0.705 bits per heavy atom. The van der Waals surface area contributed by atoms with Crippen molar-refractivity contribution in [2.75, 3.05) is 16.8 Å². The molecule has 0 aromatic heterocycles. The molecule has 3 amide bonds. The van der Waals surface area contributed by atoms with E-state index in [9.17, 15) is 32.3 Å². The maximum absolute atomic E-state index is 14.1. The molecular formula is C34H23F3N2O5. The maximum Gasteiger partial charge on any atom is 0.418 e. The Balaban J connectivity index is 1.16. The van der Waals surface area contributed by atoms with Crippen LogP contribution in [0, 0.1) is 11.8 Å². The lowest BCUT2D eigenvalue weighted by Crippen LogP contribution is -2.41. The lowest BCUT2D eigenvalue weighted by atomic mass is 9.55. The molecule has 1 saturated heterocycles. The van der Waals surface area contributed by atoms with Crippen LogP contribution in [0.2, 0.25) is 0 Å². The van der Waals surface area contributed by atoms with Crippen molar-refractivity contribution in [3.8, 4) is 0 Å². The van der Waals surface area contributed by atoms with Crippen LogP contribution < -0.4 is 10.2 Å². The molecule has 44 heavy (non-hydrogen) atoms. The minimum Gasteiger partial charge on any atom is -0.452 e. The van der Waals surface area contributed by atoms with E-state index in [1.165, 1.54) is 30.3 Å². The first-order valence-electron chi connectivity index (χ1n) is 13.9. The number of halogens is 3. The quantitative estimate of drug-likeness (QED) is 0.229. The third-order valence-electron chi connectivity index (χ3n) is 8.65. The number of amides is 3. The second kappa shape index (κ2) is 10.2. The molecule has 1 N–H and O–H groups in total. The highest BCUT2D eigenvalue weighted by molar-refractivity contribution is 6.25. The Morgan fingerprint density at radius 3 is 1.73 bits per heavy atom. The lowest BCUT2D eigenvalue weighted by Gasteiger charge is -2.45. The van der Waals surface area contributed by atoms with Gasteiger partial charge in [-0.3, -0.25) is 14.4 Å². The van der Waals surface area contributed by atoms with Crippen LogP contribution in [0.4, 0.5) is 24.5 Å². The summed E-state index contributed by atoms with van der Waals surface area (Å²) < 4.78 is 45.1. The number of carbonyl (C=O) groups excluding carboxylic acids is 4. The fourth-order valence-electron chi connectivity index (χ4n) is 6.99. The van der Waals surface area contributed by atoms with Gasteiger partial charge in [-0.15, -0.1) is 0 Å². The van der Waals surface area contributed by atoms with Gasteiger partial charge in [-0.2, -0.15) is 13.2 Å². The van der Waals surface area contributed by atoms with Crippen LogP contribution >= 0.6 is 0 Å². The van der Waals surface area contributed by atoms with Crippen molar-refractivity contribution in [3.63, 3.8) is 0 Å². The molecule has 7 nitrogen and oxygen atoms in total. The fourth-order valence-corrected chi connectivity index (χ4v) is 6.99. The van der Waals surface area contributed by atoms with E-state index in [2.05, 4.69) is 5.32 Å². The van der Waals surface area contributed by atoms with Crippen LogP contribution in [-0.4, -0.2) is 30.3 Å². The van der Waals surface area contributed by atoms with Gasteiger partial charge in [-0.1, -0.05) is 72.8 Å². The number of ether oxygens (including phenoxy) is 1. The summed E-state index contributed by atoms with van der Waals surface area (Å²) >= 11 is 0. The van der Waals surface area contributed by atoms with E-state index in [0.717, 1.165) is 39.3 Å². The molecule has 0 spiro atoms. The monoisotopic (exact) mass is 596 g/mol. The van der Waals surface area contributed by atoms with E-state index in [0.29, 0.717) is 0 Å². The zero-order chi connectivity index (χ0) is 30.7. The molecule has 2 bridgehead atoms. The molecule has 0 saturated carbocycles. The van der Waals surface area contributed by atoms with E-state index < -0.39 is 59.6 Å². The highest BCUT2D eigenvalue weighted by atomic mass is 19.4. The Labute approximate surface area is 249 Å². The molecular weight excluding hydrogens is 573 g/mol. The molecule has 220 valence electrons. The standard InChI is InChI=1S/C34H23F3N2O5/c35-34(36,37)23-14-6-7-15-24(23)38-26(40)17-44-33(43)22-13-5-8-16-25(22)39-31(41)29-27-18-9-1-2-10-19(18)28(30(29)32(39)42)21-12-4-3-11-20(21)27/h1-16,27-30H,17H2,(H,38,40)/t27?,28?,29-,30-/m1/s1. The number of hydrogen-bond acceptors (Lipinski definition) is 5. The van der Waals surface area contributed by atoms with Gasteiger partial charge in [0, 0.05) is 11.8 Å². The zero-order valence-electron chi connectivity index (χ0n) is 22.9. The highest BCUT2D eigenvalue weighted by Crippen LogP contribution is 2.61. The molecule has 1 fully saturated rings. The second-order valence-electron chi connectivity index (χ2n) is 11.0. The summed E-state index contributed by atoms with van der Waals surface area (Å²) in [6.45, 7) is -0.888. The van der Waals surface area contributed by atoms with Gasteiger partial charge in [0.2, 0.25) is 11.8 Å². The molecule has 0 unspecified atom stereocenters. The number of hydrogen-bond donors (Lipinski definition) is 1. The summed E-state index contributed by atoms with van der Waals surface area (Å²) in [7, 11) is 0. The number of nitrogens with zero attached hydrogens (tertiary/aromatic N) is 1. The number of nitrogens with one attached hydrogen (secondary N) is 1. The van der Waals surface area contributed by atoms with Gasteiger partial charge in [0.1, 0.15) is 0 Å². The van der Waals surface area contributed by atoms with Crippen molar-refractivity contribution < 1.29 is 37.1 Å². The van der Waals surface area contributed by atoms with Gasteiger partial charge in [0.25, 0.3) is 5.91 Å². The van der Waals surface area contributed by atoms with Crippen molar-refractivity contribution in [1.82, 2.24) is 0 Å². The second-order valence-corrected chi connectivity index (χ2v) is 11.0. The molecule has 8 rings (SSSR count). The molecule has 4 aromatic carbocycles. The van der Waals surface area contributed by atoms with E-state index in [-0.39, 0.29) is 23.1 Å². The summed E-state index contributed by atoms with van der Waals surface area (Å²) in [4.78, 5) is 54.9. The number of para-hydroxylation sites is 2. The fraction of sp³-hybridized carbons (Fsp3) is 0.176. The Morgan fingerprint density at radius 2 is 1.18 bits per heavy atom. The topological polar surface area (TPSA) is 92.8 Å². The minimum absolute atomic E-state index is 0.0252. The van der Waals surface area contributed by atoms with Gasteiger partial charge >= 0.3 is 12.1 Å². The minimum atomic E-state index is -4.70. The first-order chi connectivity index (χ1) is 21.2. The Kier molecular flexibility index (Phi) is 6.38. The van der Waals surface area contributed by atoms with Crippen LogP contribution in [0.1, 0.15) is 50.0 Å². The van der Waals surface area contributed by atoms with Gasteiger partial charge in [0.05, 0.1) is 34.3 Å². The van der Waals surface area contributed by atoms with Crippen molar-refractivity contribution in [2.45, 2.75) is 18.0 Å². The third-order valence-corrected chi connectivity index (χ3v) is 8.65. The molecule has 1 heterocycles. The van der Waals surface area contributed by atoms with E-state index in [4.69, 9.17) is 4.74 Å². The zero-order valence-corrected chi connectivity index (χ0v) is 22.9. The van der Waals surface area contributed by atoms with Crippen molar-refractivity contribution >= 4 is 35.1 Å². The predicted molar refractivity (Wildman–Crippen MR) is 153 cm³/mol. The first kappa shape index (κ1) is 27.6. The van der Waals surface area contributed by atoms with Crippen LogP contribution in [0.25, 0.3) is 0 Å². The molecule has 0 radical (unpaired) electrons. The Hall–Kier alpha value is -5.25. The van der Waals surface area contributed by atoms with Gasteiger partial charge < -0.3 is 10.1 Å². The van der Waals surface area contributed by atoms with Crippen molar-refractivity contribution in [3.05, 3.63) is 130 Å². The first-order valence-corrected chi connectivity index (χ1v) is 13.9. The van der Waals surface area contributed by atoms with Crippen LogP contribution in [-0.2, 0) is 25.3 Å². The number of esters is 1. The summed E-state index contributed by atoms with van der Waals surface area (Å²) in [5, 5.41) is 2.12. The van der Waals surface area contributed by atoms with Crippen LogP contribution in [0.5, 0.6) is 0 Å². The van der Waals surface area contributed by atoms with Crippen LogP contribution in [0.15, 0.2) is 97.1 Å². The van der Waals surface area contributed by atoms with Crippen molar-refractivity contribution in [1.29, 1.82) is 0 Å². The number of carbonyl (C=O) groups is 4. The van der Waals surface area contributed by atoms with Gasteiger partial charge in [0.15, 0.2) is 6.61 Å². The number of alkyl halides is 3. The van der Waals surface area contributed by atoms with Crippen LogP contribution in [0.3, 0.4) is 0 Å². The maximum atomic E-state index is 14.1. The molecule has 2 atom stereocenters. The molecule has 1 aliphatic heterocycles. The normalized spacial score (nSPS) is 21.4. The van der Waals surface area contributed by atoms with E-state index >= 15 is 0 Å². The number of benzene rings is 4. The average molecular weight is 597 g/mol. The molecule has 4 aromatic rings. The molecule has 4 aliphatic rings. The number of anilines is 2. The molecule has 10 heteroatoms. The van der Waals surface area contributed by atoms with Crippen molar-refractivity contribution in [2.24, 2.45) is 11.8 Å². The number of rotatable bonds is 5. The average Bonchev–Trinajstić information content (AvgIpc) is 3.29. The summed E-state index contributed by atoms with van der Waals surface area (Å²) in [6, 6.07) is 26.0. The summed E-state index contributed by atoms with van der Waals surface area (Å²) in [6.07, 6.45) is -4.70. The predicted octanol–water partition coefficient (Wildman–Crippen LogP) is 5.90. The molecule has 3 aliphatic carbocycles. The van der Waals surface area contributed by atoms with E-state index in [1.807, 2.05) is 48.5 Å². The van der Waals surface area contributed by atoms with Gasteiger partial charge in [-0.25, -0.2) is 9.69 Å². The SMILES string of the molecule is O=C(COC(=O)c1ccccc1N1C(=O)[C@@H]2C3c4ccccc4C(c4ccccc43)[C@H]2C1=O)Nc1ccccc1C(F)(F)F. The largest absolute Gasteiger partial charge is 0.452 e. The summed E-state index contributed by atoms with van der Waals surface area (Å²) in [5.74, 6) is -4.85. The third kappa shape index (κ3) is 4.20. The smallest absolute Gasteiger partial charge is 0.418 e. The van der Waals surface area contributed by atoms with E-state index in [1.54, 1.807) is 6.07 Å². The summed E-state index contributed by atoms with van der Waals surface area (Å²) in [5.41, 5.74) is 2.40. The Bertz CT molecular complexity index is 1750.